The van der Waals surface area contributed by atoms with Crippen LogP contribution in [0.3, 0.4) is 0 Å². The van der Waals surface area contributed by atoms with E-state index in [0.29, 0.717) is 6.54 Å². The van der Waals surface area contributed by atoms with Gasteiger partial charge < -0.3 is 4.90 Å². The van der Waals surface area contributed by atoms with E-state index in [4.69, 9.17) is 0 Å². The molecule has 0 aliphatic heterocycles. The Hall–Kier alpha value is -2.09. The highest BCUT2D eigenvalue weighted by Crippen LogP contribution is 2.08. The van der Waals surface area contributed by atoms with Crippen molar-refractivity contribution >= 4 is 6.41 Å². The molecular formula is C19H23NO. The van der Waals surface area contributed by atoms with Crippen molar-refractivity contribution in [1.29, 1.82) is 0 Å². The van der Waals surface area contributed by atoms with Gasteiger partial charge in [0.1, 0.15) is 0 Å². The Morgan fingerprint density at radius 1 is 0.762 bits per heavy atom. The van der Waals surface area contributed by atoms with Crippen LogP contribution in [0.25, 0.3) is 0 Å². The van der Waals surface area contributed by atoms with E-state index in [0.717, 1.165) is 32.2 Å². The van der Waals surface area contributed by atoms with Crippen LogP contribution in [-0.2, 0) is 17.8 Å². The molecule has 2 aromatic carbocycles. The lowest BCUT2D eigenvalue weighted by Gasteiger charge is -2.17. The number of aryl methyl sites for hydroxylation is 1. The van der Waals surface area contributed by atoms with E-state index in [1.165, 1.54) is 17.5 Å². The number of benzene rings is 2. The Morgan fingerprint density at radius 2 is 1.38 bits per heavy atom. The second kappa shape index (κ2) is 8.96. The van der Waals surface area contributed by atoms with Gasteiger partial charge in [-0.1, -0.05) is 67.1 Å². The summed E-state index contributed by atoms with van der Waals surface area (Å²) in [5.41, 5.74) is 2.59. The first-order valence-electron chi connectivity index (χ1n) is 7.65. The minimum Gasteiger partial charge on any atom is -0.341 e. The first-order chi connectivity index (χ1) is 10.4. The monoisotopic (exact) mass is 281 g/mol. The van der Waals surface area contributed by atoms with Gasteiger partial charge in [0.2, 0.25) is 6.41 Å². The van der Waals surface area contributed by atoms with Crippen LogP contribution in [0.2, 0.25) is 0 Å². The third-order valence-electron chi connectivity index (χ3n) is 3.63. The molecule has 110 valence electrons. The number of hydrogen-bond donors (Lipinski definition) is 0. The van der Waals surface area contributed by atoms with Crippen molar-refractivity contribution in [2.45, 2.75) is 32.2 Å². The Labute approximate surface area is 127 Å². The molecule has 2 aromatic rings. The highest BCUT2D eigenvalue weighted by molar-refractivity contribution is 5.47. The molecular weight excluding hydrogens is 258 g/mol. The molecule has 0 atom stereocenters. The van der Waals surface area contributed by atoms with Crippen molar-refractivity contribution in [1.82, 2.24) is 4.90 Å². The molecule has 2 rings (SSSR count). The van der Waals surface area contributed by atoms with Crippen molar-refractivity contribution in [3.05, 3.63) is 71.8 Å². The average molecular weight is 281 g/mol. The van der Waals surface area contributed by atoms with Crippen molar-refractivity contribution in [3.63, 3.8) is 0 Å². The van der Waals surface area contributed by atoms with Gasteiger partial charge in [-0.3, -0.25) is 4.79 Å². The van der Waals surface area contributed by atoms with Crippen LogP contribution in [0.5, 0.6) is 0 Å². The lowest BCUT2D eigenvalue weighted by atomic mass is 10.1. The zero-order valence-corrected chi connectivity index (χ0v) is 12.4. The smallest absolute Gasteiger partial charge is 0.210 e. The van der Waals surface area contributed by atoms with E-state index in [2.05, 4.69) is 42.5 Å². The Morgan fingerprint density at radius 3 is 2.00 bits per heavy atom. The van der Waals surface area contributed by atoms with Gasteiger partial charge in [-0.05, 0) is 30.4 Å². The van der Waals surface area contributed by atoms with E-state index in [1.807, 2.05) is 23.1 Å². The summed E-state index contributed by atoms with van der Waals surface area (Å²) in [5, 5.41) is 0. The molecule has 0 unspecified atom stereocenters. The maximum absolute atomic E-state index is 11.1. The largest absolute Gasteiger partial charge is 0.341 e. The molecule has 0 aliphatic carbocycles. The lowest BCUT2D eigenvalue weighted by molar-refractivity contribution is -0.118. The van der Waals surface area contributed by atoms with Gasteiger partial charge in [0.25, 0.3) is 0 Å². The number of unbranched alkanes of at least 4 members (excludes halogenated alkanes) is 2. The SMILES string of the molecule is O=CN(CCCCCc1ccccc1)Cc1ccccc1. The summed E-state index contributed by atoms with van der Waals surface area (Å²) in [6.45, 7) is 1.55. The van der Waals surface area contributed by atoms with Crippen LogP contribution in [0, 0.1) is 0 Å². The Bertz CT molecular complexity index is 510. The zero-order valence-electron chi connectivity index (χ0n) is 12.4. The second-order valence-electron chi connectivity index (χ2n) is 5.36. The first-order valence-corrected chi connectivity index (χ1v) is 7.65. The van der Waals surface area contributed by atoms with Crippen molar-refractivity contribution in [2.24, 2.45) is 0 Å². The predicted molar refractivity (Wildman–Crippen MR) is 86.9 cm³/mol. The van der Waals surface area contributed by atoms with Crippen LogP contribution >= 0.6 is 0 Å². The van der Waals surface area contributed by atoms with Crippen LogP contribution in [-0.4, -0.2) is 17.9 Å². The molecule has 0 saturated heterocycles. The van der Waals surface area contributed by atoms with Gasteiger partial charge in [-0.15, -0.1) is 0 Å². The Kier molecular flexibility index (Phi) is 6.53. The molecule has 0 heterocycles. The van der Waals surface area contributed by atoms with Crippen LogP contribution in [0.15, 0.2) is 60.7 Å². The van der Waals surface area contributed by atoms with Crippen molar-refractivity contribution < 1.29 is 4.79 Å². The minimum atomic E-state index is 0.711. The molecule has 0 aliphatic rings. The molecule has 0 aromatic heterocycles. The highest BCUT2D eigenvalue weighted by Gasteiger charge is 2.02. The number of nitrogens with zero attached hydrogens (tertiary/aromatic N) is 1. The van der Waals surface area contributed by atoms with Gasteiger partial charge in [-0.2, -0.15) is 0 Å². The Balaban J connectivity index is 1.63. The summed E-state index contributed by atoms with van der Waals surface area (Å²) < 4.78 is 0. The van der Waals surface area contributed by atoms with Gasteiger partial charge in [-0.25, -0.2) is 0 Å². The quantitative estimate of drug-likeness (QED) is 0.501. The summed E-state index contributed by atoms with van der Waals surface area (Å²) in [4.78, 5) is 13.0. The summed E-state index contributed by atoms with van der Waals surface area (Å²) in [5.74, 6) is 0. The molecule has 0 bridgehead atoms. The van der Waals surface area contributed by atoms with E-state index >= 15 is 0 Å². The molecule has 21 heavy (non-hydrogen) atoms. The van der Waals surface area contributed by atoms with Gasteiger partial charge >= 0.3 is 0 Å². The summed E-state index contributed by atoms with van der Waals surface area (Å²) >= 11 is 0. The van der Waals surface area contributed by atoms with Crippen molar-refractivity contribution in [2.75, 3.05) is 6.54 Å². The summed E-state index contributed by atoms with van der Waals surface area (Å²) in [6.07, 6.45) is 5.50. The first kappa shape index (κ1) is 15.3. The van der Waals surface area contributed by atoms with Crippen molar-refractivity contribution in [3.8, 4) is 0 Å². The lowest BCUT2D eigenvalue weighted by Crippen LogP contribution is -2.22. The highest BCUT2D eigenvalue weighted by atomic mass is 16.1. The average Bonchev–Trinajstić information content (AvgIpc) is 2.55. The fourth-order valence-electron chi connectivity index (χ4n) is 2.45. The molecule has 0 saturated carbocycles. The van der Waals surface area contributed by atoms with Crippen LogP contribution in [0.4, 0.5) is 0 Å². The summed E-state index contributed by atoms with van der Waals surface area (Å²) in [6, 6.07) is 20.7. The second-order valence-corrected chi connectivity index (χ2v) is 5.36. The normalized spacial score (nSPS) is 10.3. The number of carbonyl (C=O) groups is 1. The predicted octanol–water partition coefficient (Wildman–Crippen LogP) is 4.06. The summed E-state index contributed by atoms with van der Waals surface area (Å²) in [7, 11) is 0. The number of hydrogen-bond acceptors (Lipinski definition) is 1. The van der Waals surface area contributed by atoms with Gasteiger partial charge in [0, 0.05) is 13.1 Å². The standard InChI is InChI=1S/C19H23NO/c21-17-20(16-19-13-6-2-7-14-19)15-9-3-8-12-18-10-4-1-5-11-18/h1-2,4-7,10-11,13-14,17H,3,8-9,12,15-16H2. The third kappa shape index (κ3) is 5.82. The van der Waals surface area contributed by atoms with E-state index < -0.39 is 0 Å². The number of amides is 1. The molecule has 1 amide bonds. The van der Waals surface area contributed by atoms with E-state index in [1.54, 1.807) is 0 Å². The molecule has 0 fully saturated rings. The fraction of sp³-hybridized carbons (Fsp3) is 0.316. The third-order valence-corrected chi connectivity index (χ3v) is 3.63. The van der Waals surface area contributed by atoms with Crippen LogP contribution in [0.1, 0.15) is 30.4 Å². The fourth-order valence-corrected chi connectivity index (χ4v) is 2.45. The van der Waals surface area contributed by atoms with Crippen LogP contribution < -0.4 is 0 Å². The molecule has 2 nitrogen and oxygen atoms in total. The zero-order chi connectivity index (χ0) is 14.8. The number of rotatable bonds is 9. The van der Waals surface area contributed by atoms with E-state index in [9.17, 15) is 4.79 Å². The van der Waals surface area contributed by atoms with Gasteiger partial charge in [0.15, 0.2) is 0 Å². The molecule has 0 spiro atoms. The molecule has 0 radical (unpaired) electrons. The topological polar surface area (TPSA) is 20.3 Å². The minimum absolute atomic E-state index is 0.711. The maximum Gasteiger partial charge on any atom is 0.210 e. The molecule has 2 heteroatoms. The van der Waals surface area contributed by atoms with Gasteiger partial charge in [0.05, 0.1) is 0 Å². The maximum atomic E-state index is 11.1. The molecule has 0 N–H and O–H groups in total. The van der Waals surface area contributed by atoms with E-state index in [-0.39, 0.29) is 0 Å². The number of carbonyl (C=O) groups excluding carboxylic acids is 1.